The van der Waals surface area contributed by atoms with Gasteiger partial charge in [0.05, 0.1) is 23.7 Å². The molecule has 3 aromatic carbocycles. The molecule has 1 amide bonds. The number of methoxy groups -OCH3 is 1. The summed E-state index contributed by atoms with van der Waals surface area (Å²) >= 11 is 1.49. The highest BCUT2D eigenvalue weighted by atomic mass is 32.2. The number of hydrogen-bond acceptors (Lipinski definition) is 5. The Bertz CT molecular complexity index is 1350. The van der Waals surface area contributed by atoms with Gasteiger partial charge in [0.25, 0.3) is 11.5 Å². The van der Waals surface area contributed by atoms with E-state index in [1.807, 2.05) is 68.4 Å². The summed E-state index contributed by atoms with van der Waals surface area (Å²) in [5, 5.41) is 1.04. The van der Waals surface area contributed by atoms with Gasteiger partial charge in [-0.2, -0.15) is 0 Å². The molecule has 6 nitrogen and oxygen atoms in total. The van der Waals surface area contributed by atoms with Gasteiger partial charge in [0.2, 0.25) is 0 Å². The van der Waals surface area contributed by atoms with Crippen LogP contribution in [0.1, 0.15) is 29.8 Å². The molecule has 34 heavy (non-hydrogen) atoms. The quantitative estimate of drug-likeness (QED) is 0.261. The van der Waals surface area contributed by atoms with E-state index in [2.05, 4.69) is 0 Å². The van der Waals surface area contributed by atoms with Crippen molar-refractivity contribution in [2.45, 2.75) is 24.8 Å². The second kappa shape index (κ2) is 10.6. The molecule has 0 fully saturated rings. The Morgan fingerprint density at radius 2 is 1.71 bits per heavy atom. The SMILES string of the molecule is CCN(CC)C(=O)c1ccc2c(=O)n(-c3ccc(OC)cc3)c(SCc3ccccc3)nc2c1. The maximum atomic E-state index is 13.6. The summed E-state index contributed by atoms with van der Waals surface area (Å²) in [5.74, 6) is 1.31. The molecule has 0 saturated heterocycles. The number of ether oxygens (including phenoxy) is 1. The third kappa shape index (κ3) is 4.84. The normalized spacial score (nSPS) is 10.9. The van der Waals surface area contributed by atoms with Gasteiger partial charge in [0.1, 0.15) is 5.75 Å². The summed E-state index contributed by atoms with van der Waals surface area (Å²) in [6, 6.07) is 22.5. The molecule has 0 atom stereocenters. The van der Waals surface area contributed by atoms with Crippen LogP contribution in [-0.2, 0) is 5.75 Å². The zero-order valence-electron chi connectivity index (χ0n) is 19.5. The van der Waals surface area contributed by atoms with E-state index in [1.165, 1.54) is 11.8 Å². The Labute approximate surface area is 203 Å². The molecule has 0 radical (unpaired) electrons. The smallest absolute Gasteiger partial charge is 0.266 e. The average Bonchev–Trinajstić information content (AvgIpc) is 2.88. The number of aromatic nitrogens is 2. The lowest BCUT2D eigenvalue weighted by Crippen LogP contribution is -2.30. The van der Waals surface area contributed by atoms with Gasteiger partial charge >= 0.3 is 0 Å². The first kappa shape index (κ1) is 23.6. The lowest BCUT2D eigenvalue weighted by Gasteiger charge is -2.19. The zero-order chi connectivity index (χ0) is 24.1. The number of nitrogens with zero attached hydrogens (tertiary/aromatic N) is 3. The summed E-state index contributed by atoms with van der Waals surface area (Å²) in [5.41, 5.74) is 2.72. The Morgan fingerprint density at radius 3 is 2.35 bits per heavy atom. The number of hydrogen-bond donors (Lipinski definition) is 0. The van der Waals surface area contributed by atoms with E-state index in [0.29, 0.717) is 51.9 Å². The van der Waals surface area contributed by atoms with Gasteiger partial charge in [-0.3, -0.25) is 14.2 Å². The zero-order valence-corrected chi connectivity index (χ0v) is 20.3. The fourth-order valence-electron chi connectivity index (χ4n) is 3.77. The second-order valence-electron chi connectivity index (χ2n) is 7.72. The molecule has 0 bridgehead atoms. The van der Waals surface area contributed by atoms with Crippen molar-refractivity contribution in [1.29, 1.82) is 0 Å². The maximum absolute atomic E-state index is 13.6. The predicted molar refractivity (Wildman–Crippen MR) is 137 cm³/mol. The van der Waals surface area contributed by atoms with Crippen LogP contribution in [0.5, 0.6) is 5.75 Å². The van der Waals surface area contributed by atoms with Gasteiger partial charge in [-0.05, 0) is 61.9 Å². The van der Waals surface area contributed by atoms with Gasteiger partial charge in [-0.1, -0.05) is 42.1 Å². The van der Waals surface area contributed by atoms with Gasteiger partial charge in [0.15, 0.2) is 5.16 Å². The second-order valence-corrected chi connectivity index (χ2v) is 8.66. The van der Waals surface area contributed by atoms with Gasteiger partial charge in [-0.25, -0.2) is 4.98 Å². The van der Waals surface area contributed by atoms with Crippen molar-refractivity contribution in [3.63, 3.8) is 0 Å². The van der Waals surface area contributed by atoms with E-state index in [-0.39, 0.29) is 11.5 Å². The summed E-state index contributed by atoms with van der Waals surface area (Å²) < 4.78 is 6.90. The minimum Gasteiger partial charge on any atom is -0.497 e. The number of thioether (sulfide) groups is 1. The van der Waals surface area contributed by atoms with Gasteiger partial charge < -0.3 is 9.64 Å². The Hall–Kier alpha value is -3.58. The molecule has 1 heterocycles. The summed E-state index contributed by atoms with van der Waals surface area (Å²) in [4.78, 5) is 33.1. The van der Waals surface area contributed by atoms with Crippen molar-refractivity contribution in [3.8, 4) is 11.4 Å². The lowest BCUT2D eigenvalue weighted by molar-refractivity contribution is 0.0773. The van der Waals surface area contributed by atoms with Crippen LogP contribution in [0.2, 0.25) is 0 Å². The first-order valence-corrected chi connectivity index (χ1v) is 12.2. The largest absolute Gasteiger partial charge is 0.497 e. The van der Waals surface area contributed by atoms with E-state index < -0.39 is 0 Å². The fraction of sp³-hybridized carbons (Fsp3) is 0.222. The standard InChI is InChI=1S/C27H27N3O3S/c1-4-29(5-2)25(31)20-11-16-23-24(17-20)28-27(34-18-19-9-7-6-8-10-19)30(26(23)32)21-12-14-22(33-3)15-13-21/h6-17H,4-5,18H2,1-3H3. The van der Waals surface area contributed by atoms with Crippen LogP contribution in [0.3, 0.4) is 0 Å². The lowest BCUT2D eigenvalue weighted by atomic mass is 10.1. The summed E-state index contributed by atoms with van der Waals surface area (Å²) in [6.07, 6.45) is 0. The van der Waals surface area contributed by atoms with Crippen molar-refractivity contribution >= 4 is 28.6 Å². The molecule has 1 aromatic heterocycles. The highest BCUT2D eigenvalue weighted by Gasteiger charge is 2.17. The Morgan fingerprint density at radius 1 is 1.00 bits per heavy atom. The van der Waals surface area contributed by atoms with Gasteiger partial charge in [0, 0.05) is 24.4 Å². The van der Waals surface area contributed by atoms with Crippen LogP contribution >= 0.6 is 11.8 Å². The third-order valence-corrected chi connectivity index (χ3v) is 6.69. The van der Waals surface area contributed by atoms with Crippen molar-refractivity contribution in [2.24, 2.45) is 0 Å². The van der Waals surface area contributed by atoms with Crippen LogP contribution in [0.15, 0.2) is 82.7 Å². The molecule has 174 valence electrons. The molecule has 0 N–H and O–H groups in total. The molecule has 0 aliphatic carbocycles. The third-order valence-electron chi connectivity index (χ3n) is 5.68. The number of carbonyl (C=O) groups is 1. The fourth-order valence-corrected chi connectivity index (χ4v) is 4.74. The molecular weight excluding hydrogens is 446 g/mol. The molecule has 0 spiro atoms. The van der Waals surface area contributed by atoms with Gasteiger partial charge in [-0.15, -0.1) is 0 Å². The minimum atomic E-state index is -0.174. The maximum Gasteiger partial charge on any atom is 0.266 e. The van der Waals surface area contributed by atoms with Crippen molar-refractivity contribution < 1.29 is 9.53 Å². The number of carbonyl (C=O) groups excluding carboxylic acids is 1. The molecule has 0 aliphatic heterocycles. The summed E-state index contributed by atoms with van der Waals surface area (Å²) in [7, 11) is 1.61. The first-order chi connectivity index (χ1) is 16.5. The molecule has 0 aliphatic rings. The van der Waals surface area contributed by atoms with Crippen LogP contribution < -0.4 is 10.3 Å². The highest BCUT2D eigenvalue weighted by molar-refractivity contribution is 7.98. The molecule has 7 heteroatoms. The van der Waals surface area contributed by atoms with E-state index in [9.17, 15) is 9.59 Å². The highest BCUT2D eigenvalue weighted by Crippen LogP contribution is 2.26. The van der Waals surface area contributed by atoms with Crippen LogP contribution in [0, 0.1) is 0 Å². The topological polar surface area (TPSA) is 64.4 Å². The van der Waals surface area contributed by atoms with Crippen LogP contribution in [0.4, 0.5) is 0 Å². The van der Waals surface area contributed by atoms with E-state index in [4.69, 9.17) is 9.72 Å². The Balaban J connectivity index is 1.83. The molecule has 4 aromatic rings. The van der Waals surface area contributed by atoms with Crippen LogP contribution in [-0.4, -0.2) is 40.6 Å². The molecule has 4 rings (SSSR count). The van der Waals surface area contributed by atoms with E-state index >= 15 is 0 Å². The van der Waals surface area contributed by atoms with Crippen molar-refractivity contribution in [1.82, 2.24) is 14.5 Å². The summed E-state index contributed by atoms with van der Waals surface area (Å²) in [6.45, 7) is 5.15. The monoisotopic (exact) mass is 473 g/mol. The number of rotatable bonds is 8. The Kier molecular flexibility index (Phi) is 7.33. The number of benzene rings is 3. The van der Waals surface area contributed by atoms with Crippen molar-refractivity contribution in [2.75, 3.05) is 20.2 Å². The predicted octanol–water partition coefficient (Wildman–Crippen LogP) is 5.17. The van der Waals surface area contributed by atoms with E-state index in [1.54, 1.807) is 34.8 Å². The number of fused-ring (bicyclic) bond motifs is 1. The number of amides is 1. The van der Waals surface area contributed by atoms with Crippen molar-refractivity contribution in [3.05, 3.63) is 94.3 Å². The molecule has 0 unspecified atom stereocenters. The minimum absolute atomic E-state index is 0.0634. The van der Waals surface area contributed by atoms with E-state index in [0.717, 1.165) is 5.56 Å². The first-order valence-electron chi connectivity index (χ1n) is 11.2. The molecule has 0 saturated carbocycles. The van der Waals surface area contributed by atoms with Crippen LogP contribution in [0.25, 0.3) is 16.6 Å². The molecular formula is C27H27N3O3S. The average molecular weight is 474 g/mol.